The summed E-state index contributed by atoms with van der Waals surface area (Å²) in [5.41, 5.74) is 17.6. The third kappa shape index (κ3) is 4.74. The summed E-state index contributed by atoms with van der Waals surface area (Å²) in [6, 6.07) is 67.2. The van der Waals surface area contributed by atoms with Crippen molar-refractivity contribution >= 4 is 22.6 Å². The fourth-order valence-electron chi connectivity index (χ4n) is 10.0. The molecule has 0 amide bonds. The van der Waals surface area contributed by atoms with Gasteiger partial charge in [-0.1, -0.05) is 158 Å². The fourth-order valence-corrected chi connectivity index (χ4v) is 10.0. The topological polar surface area (TPSA) is 21.7 Å². The molecule has 0 bridgehead atoms. The van der Waals surface area contributed by atoms with Gasteiger partial charge in [0.15, 0.2) is 23.0 Å². The van der Waals surface area contributed by atoms with Gasteiger partial charge in [-0.25, -0.2) is 0 Å². The quantitative estimate of drug-likeness (QED) is 0.175. The van der Waals surface area contributed by atoms with Crippen LogP contribution in [0.3, 0.4) is 0 Å². The summed E-state index contributed by atoms with van der Waals surface area (Å²) in [7, 11) is 0. The Hall–Kier alpha value is -7.36. The maximum absolute atomic E-state index is 7.33. The Kier molecular flexibility index (Phi) is 7.27. The first-order valence-corrected chi connectivity index (χ1v) is 20.1. The third-order valence-corrected chi connectivity index (χ3v) is 12.4. The Morgan fingerprint density at radius 1 is 0.448 bits per heavy atom. The molecular formula is C55H37NO2. The highest BCUT2D eigenvalue weighted by Crippen LogP contribution is 2.67. The second kappa shape index (κ2) is 12.8. The number of para-hydroxylation sites is 2. The molecule has 8 aromatic carbocycles. The maximum Gasteiger partial charge on any atom is 0.194 e. The molecule has 0 fully saturated rings. The van der Waals surface area contributed by atoms with Crippen molar-refractivity contribution in [3.8, 4) is 56.4 Å². The van der Waals surface area contributed by atoms with Crippen LogP contribution in [0, 0.1) is 0 Å². The molecule has 12 rings (SSSR count). The van der Waals surface area contributed by atoms with Gasteiger partial charge in [0, 0.05) is 16.9 Å². The Morgan fingerprint density at radius 2 is 1.07 bits per heavy atom. The van der Waals surface area contributed by atoms with Crippen molar-refractivity contribution in [2.75, 3.05) is 4.90 Å². The molecule has 4 aliphatic rings. The average Bonchev–Trinajstić information content (AvgIpc) is 3.77. The number of fused-ring (bicyclic) bond motifs is 12. The molecular weight excluding hydrogens is 707 g/mol. The van der Waals surface area contributed by atoms with Crippen LogP contribution >= 0.6 is 0 Å². The van der Waals surface area contributed by atoms with E-state index in [9.17, 15) is 0 Å². The largest absolute Gasteiger partial charge is 0.449 e. The van der Waals surface area contributed by atoms with Crippen LogP contribution in [0.4, 0.5) is 17.1 Å². The Balaban J connectivity index is 1.00. The van der Waals surface area contributed by atoms with Crippen LogP contribution in [-0.4, -0.2) is 0 Å². The first-order chi connectivity index (χ1) is 28.8. The van der Waals surface area contributed by atoms with Crippen LogP contribution in [0.2, 0.25) is 0 Å². The second-order valence-electron chi connectivity index (χ2n) is 15.5. The van der Waals surface area contributed by atoms with E-state index in [1.165, 1.54) is 50.1 Å². The molecule has 0 N–H and O–H groups in total. The second-order valence-corrected chi connectivity index (χ2v) is 15.5. The molecule has 274 valence electrons. The van der Waals surface area contributed by atoms with Crippen molar-refractivity contribution in [2.45, 2.75) is 18.3 Å². The number of ether oxygens (including phenoxy) is 2. The van der Waals surface area contributed by atoms with Gasteiger partial charge in [0.1, 0.15) is 0 Å². The van der Waals surface area contributed by atoms with Crippen molar-refractivity contribution in [3.63, 3.8) is 0 Å². The monoisotopic (exact) mass is 743 g/mol. The molecule has 0 saturated carbocycles. The highest BCUT2D eigenvalue weighted by molar-refractivity contribution is 5.99. The van der Waals surface area contributed by atoms with Gasteiger partial charge in [-0.15, -0.1) is 0 Å². The maximum atomic E-state index is 7.33. The van der Waals surface area contributed by atoms with Crippen LogP contribution < -0.4 is 14.4 Å². The highest BCUT2D eigenvalue weighted by Gasteiger charge is 2.54. The van der Waals surface area contributed by atoms with Crippen molar-refractivity contribution in [1.82, 2.24) is 0 Å². The molecule has 0 radical (unpaired) electrons. The number of benzene rings is 8. The number of nitrogens with zero attached hydrogens (tertiary/aromatic N) is 1. The normalized spacial score (nSPS) is 16.3. The third-order valence-electron chi connectivity index (χ3n) is 12.4. The minimum absolute atomic E-state index is 0.392. The Bertz CT molecular complexity index is 3000. The molecule has 1 unspecified atom stereocenters. The lowest BCUT2D eigenvalue weighted by Gasteiger charge is -2.34. The molecule has 0 aromatic heterocycles. The van der Waals surface area contributed by atoms with Crippen molar-refractivity contribution in [1.29, 1.82) is 0 Å². The molecule has 3 nitrogen and oxygen atoms in total. The van der Waals surface area contributed by atoms with E-state index < -0.39 is 5.41 Å². The number of hydrogen-bond donors (Lipinski definition) is 0. The number of allylic oxidation sites excluding steroid dienone is 4. The zero-order chi connectivity index (χ0) is 38.2. The molecule has 1 heterocycles. The van der Waals surface area contributed by atoms with E-state index in [0.717, 1.165) is 58.1 Å². The van der Waals surface area contributed by atoms with E-state index in [0.29, 0.717) is 11.5 Å². The summed E-state index contributed by atoms with van der Waals surface area (Å²) in [6.45, 7) is 0. The summed E-state index contributed by atoms with van der Waals surface area (Å²) >= 11 is 0. The van der Waals surface area contributed by atoms with Gasteiger partial charge < -0.3 is 14.4 Å². The minimum Gasteiger partial charge on any atom is -0.449 e. The fraction of sp³-hybridized carbons (Fsp3) is 0.0545. The molecule has 3 heteroatoms. The number of hydrogen-bond acceptors (Lipinski definition) is 3. The molecule has 3 aliphatic carbocycles. The van der Waals surface area contributed by atoms with Crippen LogP contribution in [0.5, 0.6) is 23.0 Å². The van der Waals surface area contributed by atoms with Gasteiger partial charge in [-0.3, -0.25) is 0 Å². The van der Waals surface area contributed by atoms with Crippen molar-refractivity contribution in [2.24, 2.45) is 0 Å². The standard InChI is InChI=1S/C55H37NO2/c1-3-15-36(16-4-1)37-29-31-38(32-30-37)39-17-13-20-41(35-39)56(40-18-5-2-6-19-40)49-27-14-28-50-53(49)58-54-51(57-50)34-33-48-52(54)44-23-9-12-26-47(44)55(48)45-24-10-7-21-42(45)43-22-8-11-25-46(43)55/h1-10,12-24,26-35H,11,25H2. The van der Waals surface area contributed by atoms with Crippen LogP contribution in [0.25, 0.3) is 39.0 Å². The first kappa shape index (κ1) is 32.8. The smallest absolute Gasteiger partial charge is 0.194 e. The van der Waals surface area contributed by atoms with E-state index in [1.54, 1.807) is 0 Å². The van der Waals surface area contributed by atoms with E-state index in [2.05, 4.69) is 199 Å². The van der Waals surface area contributed by atoms with Gasteiger partial charge in [0.25, 0.3) is 0 Å². The molecule has 1 aliphatic heterocycles. The lowest BCUT2D eigenvalue weighted by atomic mass is 9.68. The zero-order valence-corrected chi connectivity index (χ0v) is 31.7. The molecule has 58 heavy (non-hydrogen) atoms. The van der Waals surface area contributed by atoms with Crippen LogP contribution in [0.1, 0.15) is 35.1 Å². The van der Waals surface area contributed by atoms with E-state index in [4.69, 9.17) is 9.47 Å². The molecule has 0 saturated heterocycles. The van der Waals surface area contributed by atoms with Gasteiger partial charge in [-0.2, -0.15) is 0 Å². The van der Waals surface area contributed by atoms with Crippen molar-refractivity contribution in [3.05, 3.63) is 228 Å². The lowest BCUT2D eigenvalue weighted by Crippen LogP contribution is -2.27. The summed E-state index contributed by atoms with van der Waals surface area (Å²) < 4.78 is 14.2. The van der Waals surface area contributed by atoms with Gasteiger partial charge >= 0.3 is 0 Å². The number of anilines is 3. The summed E-state index contributed by atoms with van der Waals surface area (Å²) in [4.78, 5) is 2.28. The Morgan fingerprint density at radius 3 is 1.88 bits per heavy atom. The summed E-state index contributed by atoms with van der Waals surface area (Å²) in [6.07, 6.45) is 6.72. The van der Waals surface area contributed by atoms with Crippen LogP contribution in [0.15, 0.2) is 206 Å². The first-order valence-electron chi connectivity index (χ1n) is 20.1. The van der Waals surface area contributed by atoms with Gasteiger partial charge in [0.2, 0.25) is 0 Å². The van der Waals surface area contributed by atoms with E-state index in [-0.39, 0.29) is 0 Å². The summed E-state index contributed by atoms with van der Waals surface area (Å²) in [5.74, 6) is 2.87. The molecule has 8 aromatic rings. The lowest BCUT2D eigenvalue weighted by molar-refractivity contribution is 0.361. The SMILES string of the molecule is C1=CC2=C(CC1)C1(c3ccccc32)c2ccccc2-c2c1ccc1c2Oc2c(cccc2N(c2ccccc2)c2cccc(-c3ccc(-c4ccccc4)cc3)c2)O1. The van der Waals surface area contributed by atoms with E-state index >= 15 is 0 Å². The van der Waals surface area contributed by atoms with Crippen LogP contribution in [-0.2, 0) is 5.41 Å². The minimum atomic E-state index is -0.392. The van der Waals surface area contributed by atoms with Crippen molar-refractivity contribution < 1.29 is 9.47 Å². The Labute approximate surface area is 338 Å². The summed E-state index contributed by atoms with van der Waals surface area (Å²) in [5, 5.41) is 0. The molecule has 1 spiro atoms. The highest BCUT2D eigenvalue weighted by atomic mass is 16.6. The zero-order valence-electron chi connectivity index (χ0n) is 31.7. The molecule has 1 atom stereocenters. The average molecular weight is 744 g/mol. The predicted octanol–water partition coefficient (Wildman–Crippen LogP) is 14.8. The van der Waals surface area contributed by atoms with Gasteiger partial charge in [-0.05, 0) is 117 Å². The predicted molar refractivity (Wildman–Crippen MR) is 236 cm³/mol. The number of rotatable bonds is 5. The van der Waals surface area contributed by atoms with E-state index in [1.807, 2.05) is 6.07 Å². The van der Waals surface area contributed by atoms with Gasteiger partial charge in [0.05, 0.1) is 11.1 Å².